The van der Waals surface area contributed by atoms with Gasteiger partial charge in [0.25, 0.3) is 10.0 Å². The topological polar surface area (TPSA) is 66.5 Å². The van der Waals surface area contributed by atoms with Crippen LogP contribution >= 0.6 is 22.6 Å². The summed E-state index contributed by atoms with van der Waals surface area (Å²) in [6, 6.07) is 19.2. The highest BCUT2D eigenvalue weighted by Gasteiger charge is 2.27. The van der Waals surface area contributed by atoms with E-state index in [1.54, 1.807) is 30.3 Å². The standard InChI is InChI=1S/C25H27IN2O3S/c1-17-14-19(3)24(15-18(17)2)20(4)27-25(29)16-28(22-12-10-21(26)11-13-22)32(30,31)23-8-6-5-7-9-23/h5-15,20H,16H2,1-4H3,(H,27,29)/t20-/m0/s1. The van der Waals surface area contributed by atoms with E-state index in [1.165, 1.54) is 17.7 Å². The van der Waals surface area contributed by atoms with Gasteiger partial charge in [0.15, 0.2) is 0 Å². The summed E-state index contributed by atoms with van der Waals surface area (Å²) in [4.78, 5) is 13.1. The summed E-state index contributed by atoms with van der Waals surface area (Å²) in [5, 5.41) is 2.97. The lowest BCUT2D eigenvalue weighted by Crippen LogP contribution is -2.41. The van der Waals surface area contributed by atoms with Gasteiger partial charge in [0.05, 0.1) is 16.6 Å². The van der Waals surface area contributed by atoms with Gasteiger partial charge < -0.3 is 5.32 Å². The minimum atomic E-state index is -3.91. The average molecular weight is 562 g/mol. The predicted octanol–water partition coefficient (Wildman–Crippen LogP) is 5.29. The highest BCUT2D eigenvalue weighted by molar-refractivity contribution is 14.1. The number of carbonyl (C=O) groups excluding carboxylic acids is 1. The molecule has 0 aliphatic rings. The molecule has 3 aromatic rings. The quantitative estimate of drug-likeness (QED) is 0.398. The number of aryl methyl sites for hydroxylation is 3. The van der Waals surface area contributed by atoms with Crippen LogP contribution in [0.2, 0.25) is 0 Å². The molecule has 1 atom stereocenters. The largest absolute Gasteiger partial charge is 0.348 e. The van der Waals surface area contributed by atoms with Crippen molar-refractivity contribution in [3.05, 3.63) is 92.6 Å². The molecule has 0 aliphatic heterocycles. The van der Waals surface area contributed by atoms with Crippen molar-refractivity contribution in [1.29, 1.82) is 0 Å². The molecule has 32 heavy (non-hydrogen) atoms. The van der Waals surface area contributed by atoms with Gasteiger partial charge in [-0.05, 0) is 109 Å². The number of benzene rings is 3. The molecule has 0 radical (unpaired) electrons. The van der Waals surface area contributed by atoms with E-state index in [1.807, 2.05) is 32.9 Å². The van der Waals surface area contributed by atoms with Gasteiger partial charge in [0, 0.05) is 3.57 Å². The summed E-state index contributed by atoms with van der Waals surface area (Å²) in [6.45, 7) is 7.71. The lowest BCUT2D eigenvalue weighted by Gasteiger charge is -2.25. The molecule has 0 aliphatic carbocycles. The smallest absolute Gasteiger partial charge is 0.264 e. The van der Waals surface area contributed by atoms with Crippen molar-refractivity contribution in [3.63, 3.8) is 0 Å². The molecule has 0 unspecified atom stereocenters. The zero-order chi connectivity index (χ0) is 23.5. The van der Waals surface area contributed by atoms with Gasteiger partial charge in [0.1, 0.15) is 6.54 Å². The normalized spacial score (nSPS) is 12.3. The molecule has 0 saturated carbocycles. The fraction of sp³-hybridized carbons (Fsp3) is 0.240. The first-order valence-corrected chi connectivity index (χ1v) is 12.8. The van der Waals surface area contributed by atoms with E-state index < -0.39 is 10.0 Å². The SMILES string of the molecule is Cc1cc(C)c([C@H](C)NC(=O)CN(c2ccc(I)cc2)S(=O)(=O)c2ccccc2)cc1C. The fourth-order valence-corrected chi connectivity index (χ4v) is 5.39. The molecule has 168 valence electrons. The lowest BCUT2D eigenvalue weighted by molar-refractivity contribution is -0.120. The van der Waals surface area contributed by atoms with E-state index >= 15 is 0 Å². The van der Waals surface area contributed by atoms with Crippen molar-refractivity contribution < 1.29 is 13.2 Å². The van der Waals surface area contributed by atoms with Crippen LogP contribution in [-0.2, 0) is 14.8 Å². The highest BCUT2D eigenvalue weighted by atomic mass is 127. The number of hydrogen-bond donors (Lipinski definition) is 1. The van der Waals surface area contributed by atoms with Gasteiger partial charge in [-0.15, -0.1) is 0 Å². The number of nitrogens with one attached hydrogen (secondary N) is 1. The number of amides is 1. The molecule has 0 spiro atoms. The maximum absolute atomic E-state index is 13.4. The number of nitrogens with zero attached hydrogens (tertiary/aromatic N) is 1. The van der Waals surface area contributed by atoms with Gasteiger partial charge in [0.2, 0.25) is 5.91 Å². The van der Waals surface area contributed by atoms with Gasteiger partial charge in [-0.3, -0.25) is 9.10 Å². The van der Waals surface area contributed by atoms with Crippen LogP contribution in [0.4, 0.5) is 5.69 Å². The first kappa shape index (κ1) is 24.3. The summed E-state index contributed by atoms with van der Waals surface area (Å²) in [5.41, 5.74) is 4.90. The zero-order valence-corrected chi connectivity index (χ0v) is 21.6. The van der Waals surface area contributed by atoms with Crippen molar-refractivity contribution in [2.75, 3.05) is 10.8 Å². The Bertz CT molecular complexity index is 1210. The molecular weight excluding hydrogens is 535 g/mol. The Morgan fingerprint density at radius 2 is 1.53 bits per heavy atom. The number of carbonyl (C=O) groups is 1. The molecule has 3 aromatic carbocycles. The van der Waals surface area contributed by atoms with E-state index in [-0.39, 0.29) is 23.4 Å². The third-order valence-corrected chi connectivity index (χ3v) is 7.97. The van der Waals surface area contributed by atoms with Crippen molar-refractivity contribution >= 4 is 44.2 Å². The molecule has 1 amide bonds. The number of halogens is 1. The molecule has 5 nitrogen and oxygen atoms in total. The van der Waals surface area contributed by atoms with Gasteiger partial charge >= 0.3 is 0 Å². The summed E-state index contributed by atoms with van der Waals surface area (Å²) in [7, 11) is -3.91. The van der Waals surface area contributed by atoms with Crippen LogP contribution in [0.3, 0.4) is 0 Å². The number of anilines is 1. The summed E-state index contributed by atoms with van der Waals surface area (Å²) >= 11 is 2.16. The molecule has 7 heteroatoms. The van der Waals surface area contributed by atoms with Crippen molar-refractivity contribution in [1.82, 2.24) is 5.32 Å². The Morgan fingerprint density at radius 1 is 0.938 bits per heavy atom. The van der Waals surface area contributed by atoms with Crippen LogP contribution in [0.15, 0.2) is 71.6 Å². The number of sulfonamides is 1. The fourth-order valence-electron chi connectivity index (χ4n) is 3.59. The molecule has 0 bridgehead atoms. The maximum Gasteiger partial charge on any atom is 0.264 e. The van der Waals surface area contributed by atoms with Gasteiger partial charge in [-0.1, -0.05) is 30.3 Å². The first-order chi connectivity index (χ1) is 15.1. The van der Waals surface area contributed by atoms with Crippen molar-refractivity contribution in [2.45, 2.75) is 38.6 Å². The van der Waals surface area contributed by atoms with Gasteiger partial charge in [-0.25, -0.2) is 8.42 Å². The van der Waals surface area contributed by atoms with Crippen LogP contribution in [0.1, 0.15) is 35.2 Å². The minimum absolute atomic E-state index is 0.143. The Kier molecular flexibility index (Phi) is 7.61. The van der Waals surface area contributed by atoms with Crippen LogP contribution in [0, 0.1) is 24.3 Å². The Morgan fingerprint density at radius 3 is 2.16 bits per heavy atom. The molecule has 1 N–H and O–H groups in total. The second-order valence-corrected chi connectivity index (χ2v) is 11.0. The van der Waals surface area contributed by atoms with E-state index in [9.17, 15) is 13.2 Å². The molecule has 0 saturated heterocycles. The van der Waals surface area contributed by atoms with E-state index in [2.05, 4.69) is 47.0 Å². The first-order valence-electron chi connectivity index (χ1n) is 10.3. The maximum atomic E-state index is 13.4. The monoisotopic (exact) mass is 562 g/mol. The van der Waals surface area contributed by atoms with E-state index in [0.29, 0.717) is 5.69 Å². The Hall–Kier alpha value is -2.39. The minimum Gasteiger partial charge on any atom is -0.348 e. The molecule has 3 rings (SSSR count). The molecule has 0 aromatic heterocycles. The van der Waals surface area contributed by atoms with Crippen LogP contribution in [0.5, 0.6) is 0 Å². The number of hydrogen-bond acceptors (Lipinski definition) is 3. The summed E-state index contributed by atoms with van der Waals surface area (Å²) < 4.78 is 28.9. The molecule has 0 fully saturated rings. The van der Waals surface area contributed by atoms with Crippen molar-refractivity contribution in [2.24, 2.45) is 0 Å². The van der Waals surface area contributed by atoms with Crippen LogP contribution < -0.4 is 9.62 Å². The number of rotatable bonds is 7. The second kappa shape index (κ2) is 10.0. The Labute approximate surface area is 204 Å². The second-order valence-electron chi connectivity index (χ2n) is 7.88. The zero-order valence-electron chi connectivity index (χ0n) is 18.6. The molecule has 0 heterocycles. The van der Waals surface area contributed by atoms with Crippen LogP contribution in [-0.4, -0.2) is 20.9 Å². The van der Waals surface area contributed by atoms with E-state index in [0.717, 1.165) is 24.6 Å². The third kappa shape index (κ3) is 5.50. The summed E-state index contributed by atoms with van der Waals surface area (Å²) in [6.07, 6.45) is 0. The third-order valence-electron chi connectivity index (χ3n) is 5.46. The Balaban J connectivity index is 1.89. The van der Waals surface area contributed by atoms with Crippen molar-refractivity contribution in [3.8, 4) is 0 Å². The predicted molar refractivity (Wildman–Crippen MR) is 137 cm³/mol. The van der Waals surface area contributed by atoms with Crippen LogP contribution in [0.25, 0.3) is 0 Å². The average Bonchev–Trinajstić information content (AvgIpc) is 2.75. The van der Waals surface area contributed by atoms with Gasteiger partial charge in [-0.2, -0.15) is 0 Å². The molecular formula is C25H27IN2O3S. The lowest BCUT2D eigenvalue weighted by atomic mass is 9.96. The summed E-state index contributed by atoms with van der Waals surface area (Å²) in [5.74, 6) is -0.367. The highest BCUT2D eigenvalue weighted by Crippen LogP contribution is 2.25. The van der Waals surface area contributed by atoms with E-state index in [4.69, 9.17) is 0 Å².